The lowest BCUT2D eigenvalue weighted by Gasteiger charge is -2.09. The predicted octanol–water partition coefficient (Wildman–Crippen LogP) is 6.89. The van der Waals surface area contributed by atoms with Crippen LogP contribution >= 0.6 is 11.3 Å². The molecule has 32 heavy (non-hydrogen) atoms. The monoisotopic (exact) mass is 438 g/mol. The molecule has 3 aromatic carbocycles. The molecule has 2 N–H and O–H groups in total. The molecule has 0 atom stereocenters. The molecule has 0 bridgehead atoms. The molecule has 0 radical (unpaired) electrons. The third-order valence-corrected chi connectivity index (χ3v) is 6.54. The number of anilines is 1. The molecule has 0 aliphatic rings. The van der Waals surface area contributed by atoms with Crippen molar-refractivity contribution in [2.45, 2.75) is 6.92 Å². The van der Waals surface area contributed by atoms with Crippen molar-refractivity contribution in [3.05, 3.63) is 107 Å². The fourth-order valence-electron chi connectivity index (χ4n) is 3.74. The Kier molecular flexibility index (Phi) is 5.04. The lowest BCUT2D eigenvalue weighted by molar-refractivity contribution is 0.104. The standard InChI is InChI=1S/C27H19FN2OS/c1-16-7-9-19(10-8-16)25(31)26-24(29)23-21(17-5-3-2-4-6-17)15-22(30-27(23)32-26)18-11-13-20(28)14-12-18/h2-15H,29H2,1H3. The molecule has 2 heterocycles. The van der Waals surface area contributed by atoms with E-state index < -0.39 is 0 Å². The first-order valence-electron chi connectivity index (χ1n) is 10.2. The second-order valence-electron chi connectivity index (χ2n) is 7.65. The van der Waals surface area contributed by atoms with E-state index in [0.29, 0.717) is 26.7 Å². The van der Waals surface area contributed by atoms with Crippen molar-refractivity contribution < 1.29 is 9.18 Å². The zero-order chi connectivity index (χ0) is 22.2. The molecule has 0 aliphatic heterocycles. The Morgan fingerprint density at radius 3 is 2.28 bits per heavy atom. The number of aromatic nitrogens is 1. The number of hydrogen-bond donors (Lipinski definition) is 1. The maximum Gasteiger partial charge on any atom is 0.205 e. The van der Waals surface area contributed by atoms with Crippen LogP contribution in [0.15, 0.2) is 84.9 Å². The van der Waals surface area contributed by atoms with Crippen LogP contribution in [0, 0.1) is 12.7 Å². The van der Waals surface area contributed by atoms with Gasteiger partial charge >= 0.3 is 0 Å². The van der Waals surface area contributed by atoms with Gasteiger partial charge in [-0.25, -0.2) is 9.37 Å². The van der Waals surface area contributed by atoms with Gasteiger partial charge in [-0.15, -0.1) is 11.3 Å². The molecule has 0 unspecified atom stereocenters. The van der Waals surface area contributed by atoms with Crippen LogP contribution in [0.2, 0.25) is 0 Å². The van der Waals surface area contributed by atoms with Crippen LogP contribution in [0.3, 0.4) is 0 Å². The van der Waals surface area contributed by atoms with Gasteiger partial charge in [0.2, 0.25) is 5.78 Å². The Hall–Kier alpha value is -3.83. The Bertz CT molecular complexity index is 1440. The average molecular weight is 439 g/mol. The van der Waals surface area contributed by atoms with Crippen LogP contribution in [-0.4, -0.2) is 10.8 Å². The molecule has 5 aromatic rings. The maximum atomic E-state index is 13.5. The number of hydrogen-bond acceptors (Lipinski definition) is 4. The van der Waals surface area contributed by atoms with Gasteiger partial charge in [-0.3, -0.25) is 4.79 Å². The van der Waals surface area contributed by atoms with E-state index in [4.69, 9.17) is 10.7 Å². The number of carbonyl (C=O) groups is 1. The number of pyridine rings is 1. The minimum atomic E-state index is -0.301. The summed E-state index contributed by atoms with van der Waals surface area (Å²) in [6, 6.07) is 25.5. The van der Waals surface area contributed by atoms with Gasteiger partial charge in [0.25, 0.3) is 0 Å². The van der Waals surface area contributed by atoms with Crippen LogP contribution in [-0.2, 0) is 0 Å². The molecule has 0 spiro atoms. The van der Waals surface area contributed by atoms with Gasteiger partial charge in [0.15, 0.2) is 0 Å². The number of benzene rings is 3. The number of nitrogens with zero attached hydrogens (tertiary/aromatic N) is 1. The van der Waals surface area contributed by atoms with Gasteiger partial charge in [-0.05, 0) is 48.4 Å². The van der Waals surface area contributed by atoms with E-state index >= 15 is 0 Å². The van der Waals surface area contributed by atoms with Crippen molar-refractivity contribution in [2.24, 2.45) is 0 Å². The lowest BCUT2D eigenvalue weighted by atomic mass is 9.99. The summed E-state index contributed by atoms with van der Waals surface area (Å²) >= 11 is 1.29. The third-order valence-electron chi connectivity index (χ3n) is 5.44. The molecule has 0 fully saturated rings. The highest BCUT2D eigenvalue weighted by atomic mass is 32.1. The number of fused-ring (bicyclic) bond motifs is 1. The van der Waals surface area contributed by atoms with Crippen molar-refractivity contribution in [1.82, 2.24) is 4.98 Å². The topological polar surface area (TPSA) is 56.0 Å². The Labute approximate surface area is 189 Å². The number of carbonyl (C=O) groups excluding carboxylic acids is 1. The molecule has 0 saturated heterocycles. The molecule has 5 rings (SSSR count). The summed E-state index contributed by atoms with van der Waals surface area (Å²) in [6.07, 6.45) is 0. The van der Waals surface area contributed by atoms with Crippen molar-refractivity contribution in [1.29, 1.82) is 0 Å². The largest absolute Gasteiger partial charge is 0.397 e. The van der Waals surface area contributed by atoms with Crippen LogP contribution in [0.25, 0.3) is 32.6 Å². The Balaban J connectivity index is 1.74. The number of ketones is 1. The third kappa shape index (κ3) is 3.57. The molecule has 5 heteroatoms. The maximum absolute atomic E-state index is 13.5. The highest BCUT2D eigenvalue weighted by molar-refractivity contribution is 7.21. The molecule has 2 aromatic heterocycles. The van der Waals surface area contributed by atoms with Crippen LogP contribution in [0.4, 0.5) is 10.1 Å². The van der Waals surface area contributed by atoms with E-state index in [9.17, 15) is 9.18 Å². The summed E-state index contributed by atoms with van der Waals surface area (Å²) in [7, 11) is 0. The number of thiophene rings is 1. The Morgan fingerprint density at radius 1 is 0.906 bits per heavy atom. The zero-order valence-corrected chi connectivity index (χ0v) is 18.1. The van der Waals surface area contributed by atoms with Gasteiger partial charge in [0, 0.05) is 16.5 Å². The number of aryl methyl sites for hydroxylation is 1. The highest BCUT2D eigenvalue weighted by Gasteiger charge is 2.22. The minimum absolute atomic E-state index is 0.118. The number of nitrogens with two attached hydrogens (primary N) is 1. The normalized spacial score (nSPS) is 11.1. The molecule has 0 aliphatic carbocycles. The van der Waals surface area contributed by atoms with E-state index in [0.717, 1.165) is 27.6 Å². The van der Waals surface area contributed by atoms with Crippen LogP contribution < -0.4 is 5.73 Å². The highest BCUT2D eigenvalue weighted by Crippen LogP contribution is 2.42. The van der Waals surface area contributed by atoms with E-state index in [-0.39, 0.29) is 11.6 Å². The molecular formula is C27H19FN2OS. The van der Waals surface area contributed by atoms with E-state index in [1.54, 1.807) is 12.1 Å². The first-order valence-corrected chi connectivity index (χ1v) is 11.0. The smallest absolute Gasteiger partial charge is 0.205 e. The first kappa shape index (κ1) is 20.1. The molecule has 3 nitrogen and oxygen atoms in total. The predicted molar refractivity (Wildman–Crippen MR) is 129 cm³/mol. The van der Waals surface area contributed by atoms with E-state index in [1.165, 1.54) is 23.5 Å². The Morgan fingerprint density at radius 2 is 1.59 bits per heavy atom. The van der Waals surface area contributed by atoms with Gasteiger partial charge < -0.3 is 5.73 Å². The van der Waals surface area contributed by atoms with Gasteiger partial charge in [0.1, 0.15) is 15.5 Å². The van der Waals surface area contributed by atoms with Gasteiger partial charge in [0.05, 0.1) is 11.4 Å². The lowest BCUT2D eigenvalue weighted by Crippen LogP contribution is -2.02. The zero-order valence-electron chi connectivity index (χ0n) is 17.3. The van der Waals surface area contributed by atoms with Crippen LogP contribution in [0.1, 0.15) is 20.8 Å². The van der Waals surface area contributed by atoms with Crippen molar-refractivity contribution >= 4 is 33.0 Å². The second kappa shape index (κ2) is 8.02. The minimum Gasteiger partial charge on any atom is -0.397 e. The van der Waals surface area contributed by atoms with Crippen LogP contribution in [0.5, 0.6) is 0 Å². The fraction of sp³-hybridized carbons (Fsp3) is 0.0370. The molecule has 156 valence electrons. The van der Waals surface area contributed by atoms with Crippen molar-refractivity contribution in [2.75, 3.05) is 5.73 Å². The number of halogens is 1. The first-order chi connectivity index (χ1) is 15.5. The van der Waals surface area contributed by atoms with Crippen molar-refractivity contribution in [3.63, 3.8) is 0 Å². The average Bonchev–Trinajstić information content (AvgIpc) is 3.16. The number of nitrogen functional groups attached to an aromatic ring is 1. The quantitative estimate of drug-likeness (QED) is 0.311. The summed E-state index contributed by atoms with van der Waals surface area (Å²) < 4.78 is 13.5. The summed E-state index contributed by atoms with van der Waals surface area (Å²) in [6.45, 7) is 1.98. The fourth-order valence-corrected chi connectivity index (χ4v) is 4.82. The molecule has 0 amide bonds. The summed E-state index contributed by atoms with van der Waals surface area (Å²) in [5.41, 5.74) is 12.0. The van der Waals surface area contributed by atoms with Gasteiger partial charge in [-0.1, -0.05) is 60.2 Å². The summed E-state index contributed by atoms with van der Waals surface area (Å²) in [5.74, 6) is -0.419. The SMILES string of the molecule is Cc1ccc(C(=O)c2sc3nc(-c4ccc(F)cc4)cc(-c4ccccc4)c3c2N)cc1. The van der Waals surface area contributed by atoms with E-state index in [2.05, 4.69) is 0 Å². The summed E-state index contributed by atoms with van der Waals surface area (Å²) in [5, 5.41) is 0.766. The van der Waals surface area contributed by atoms with Crippen molar-refractivity contribution in [3.8, 4) is 22.4 Å². The molecule has 0 saturated carbocycles. The van der Waals surface area contributed by atoms with Gasteiger partial charge in [-0.2, -0.15) is 0 Å². The summed E-state index contributed by atoms with van der Waals surface area (Å²) in [4.78, 5) is 19.2. The number of rotatable bonds is 4. The second-order valence-corrected chi connectivity index (χ2v) is 8.65. The van der Waals surface area contributed by atoms with E-state index in [1.807, 2.05) is 67.6 Å². The molecular weight excluding hydrogens is 419 g/mol.